The zero-order valence-corrected chi connectivity index (χ0v) is 22.1. The van der Waals surface area contributed by atoms with Crippen molar-refractivity contribution in [2.75, 3.05) is 10.0 Å². The number of nitrogens with one attached hydrogen (secondary N) is 2. The van der Waals surface area contributed by atoms with Crippen LogP contribution < -0.4 is 10.0 Å². The molecule has 194 valence electrons. The fourth-order valence-corrected chi connectivity index (χ4v) is 4.93. The maximum absolute atomic E-state index is 13.1. The molecule has 0 bridgehead atoms. The number of carbonyl (C=O) groups excluding carboxylic acids is 1. The summed E-state index contributed by atoms with van der Waals surface area (Å²) in [6.07, 6.45) is 1.07. The van der Waals surface area contributed by atoms with Crippen LogP contribution in [0, 0.1) is 0 Å². The Morgan fingerprint density at radius 3 is 2.50 bits per heavy atom. The molecule has 3 aromatic carbocycles. The van der Waals surface area contributed by atoms with Gasteiger partial charge in [-0.3, -0.25) is 0 Å². The van der Waals surface area contributed by atoms with Gasteiger partial charge in [-0.15, -0.1) is 0 Å². The molecule has 0 fully saturated rings. The maximum Gasteiger partial charge on any atom is 0.419 e. The normalized spacial score (nSPS) is 12.3. The Morgan fingerprint density at radius 2 is 1.71 bits per heavy atom. The highest BCUT2D eigenvalue weighted by Crippen LogP contribution is 2.31. The number of carbonyl (C=O) groups is 1. The molecule has 0 aliphatic heterocycles. The van der Waals surface area contributed by atoms with Gasteiger partial charge in [-0.2, -0.15) is 0 Å². The lowest BCUT2D eigenvalue weighted by Gasteiger charge is -2.20. The number of aromatic nitrogens is 2. The minimum Gasteiger partial charge on any atom is -0.443 e. The summed E-state index contributed by atoms with van der Waals surface area (Å²) < 4.78 is 28.7. The summed E-state index contributed by atoms with van der Waals surface area (Å²) in [5.41, 5.74) is 2.98. The Morgan fingerprint density at radius 1 is 0.974 bits per heavy atom. The quantitative estimate of drug-likeness (QED) is 0.234. The van der Waals surface area contributed by atoms with E-state index in [2.05, 4.69) is 15.0 Å². The molecular weight excluding hydrogens is 500 g/mol. The molecule has 0 radical (unpaired) electrons. The van der Waals surface area contributed by atoms with Crippen LogP contribution in [0.25, 0.3) is 22.4 Å². The molecule has 1 unspecified atom stereocenters. The zero-order valence-electron chi connectivity index (χ0n) is 21.3. The average molecular weight is 529 g/mol. The van der Waals surface area contributed by atoms with Crippen molar-refractivity contribution in [2.24, 2.45) is 0 Å². The Kier molecular flexibility index (Phi) is 7.02. The van der Waals surface area contributed by atoms with E-state index in [-0.39, 0.29) is 6.01 Å². The Labute approximate surface area is 223 Å². The number of rotatable bonds is 7. The molecule has 9 heteroatoms. The van der Waals surface area contributed by atoms with E-state index in [1.54, 1.807) is 6.20 Å². The topological polar surface area (TPSA) is 98.4 Å². The minimum atomic E-state index is -1.28. The van der Waals surface area contributed by atoms with Gasteiger partial charge in [0, 0.05) is 16.8 Å². The molecule has 0 spiro atoms. The second kappa shape index (κ2) is 10.5. The number of hydrogen-bond donors (Lipinski definition) is 2. The van der Waals surface area contributed by atoms with Gasteiger partial charge in [0.2, 0.25) is 0 Å². The van der Waals surface area contributed by atoms with Crippen molar-refractivity contribution < 1.29 is 18.2 Å². The number of benzene rings is 3. The number of ether oxygens (including phenoxy) is 1. The van der Waals surface area contributed by atoms with E-state index >= 15 is 0 Å². The van der Waals surface area contributed by atoms with Crippen LogP contribution in [0.15, 0.2) is 95.5 Å². The third-order valence-electron chi connectivity index (χ3n) is 5.53. The summed E-state index contributed by atoms with van der Waals surface area (Å²) in [6.45, 7) is 5.48. The Balaban J connectivity index is 1.35. The van der Waals surface area contributed by atoms with Gasteiger partial charge in [0.1, 0.15) is 16.6 Å². The summed E-state index contributed by atoms with van der Waals surface area (Å²) in [5, 5.41) is 4.01. The summed E-state index contributed by atoms with van der Waals surface area (Å²) in [4.78, 5) is 17.5. The third kappa shape index (κ3) is 5.95. The molecule has 2 heterocycles. The first kappa shape index (κ1) is 25.3. The third-order valence-corrected chi connectivity index (χ3v) is 6.59. The van der Waals surface area contributed by atoms with Gasteiger partial charge in [-0.05, 0) is 56.7 Å². The molecule has 0 saturated heterocycles. The molecule has 5 rings (SSSR count). The first-order valence-electron chi connectivity index (χ1n) is 12.1. The lowest BCUT2D eigenvalue weighted by atomic mass is 10.2. The highest BCUT2D eigenvalue weighted by atomic mass is 32.2. The molecule has 1 atom stereocenters. The Bertz CT molecular complexity index is 1600. The molecule has 0 saturated carbocycles. The highest BCUT2D eigenvalue weighted by Gasteiger charge is 2.24. The molecule has 2 N–H and O–H groups in total. The van der Waals surface area contributed by atoms with Crippen LogP contribution in [0.2, 0.25) is 0 Å². The van der Waals surface area contributed by atoms with Gasteiger partial charge in [0.25, 0.3) is 6.01 Å². The number of anilines is 3. The average Bonchev–Trinajstić information content (AvgIpc) is 3.48. The van der Waals surface area contributed by atoms with E-state index in [0.717, 1.165) is 10.9 Å². The minimum absolute atomic E-state index is 0.253. The first-order valence-corrected chi connectivity index (χ1v) is 13.4. The fourth-order valence-electron chi connectivity index (χ4n) is 3.97. The van der Waals surface area contributed by atoms with Crippen molar-refractivity contribution >= 4 is 45.4 Å². The van der Waals surface area contributed by atoms with E-state index in [1.807, 2.05) is 106 Å². The van der Waals surface area contributed by atoms with Crippen molar-refractivity contribution in [1.29, 1.82) is 0 Å². The lowest BCUT2D eigenvalue weighted by molar-refractivity contribution is 0.0546. The number of hydrogen-bond acceptors (Lipinski definition) is 6. The van der Waals surface area contributed by atoms with Gasteiger partial charge in [-0.25, -0.2) is 18.6 Å². The summed E-state index contributed by atoms with van der Waals surface area (Å²) in [5.74, 6) is 0.806. The zero-order chi connectivity index (χ0) is 26.7. The smallest absolute Gasteiger partial charge is 0.419 e. The van der Waals surface area contributed by atoms with Crippen LogP contribution in [-0.4, -0.2) is 25.5 Å². The van der Waals surface area contributed by atoms with Gasteiger partial charge >= 0.3 is 6.09 Å². The van der Waals surface area contributed by atoms with Crippen molar-refractivity contribution in [3.8, 4) is 11.5 Å². The van der Waals surface area contributed by atoms with Gasteiger partial charge in [-0.1, -0.05) is 54.6 Å². The van der Waals surface area contributed by atoms with E-state index in [9.17, 15) is 9.00 Å². The summed E-state index contributed by atoms with van der Waals surface area (Å²) >= 11 is 0. The van der Waals surface area contributed by atoms with Crippen LogP contribution in [0.3, 0.4) is 0 Å². The van der Waals surface area contributed by atoms with Crippen LogP contribution in [-0.2, 0) is 21.5 Å². The van der Waals surface area contributed by atoms with Gasteiger partial charge in [0.05, 0.1) is 23.2 Å². The van der Waals surface area contributed by atoms with E-state index in [1.165, 1.54) is 4.57 Å². The van der Waals surface area contributed by atoms with Crippen molar-refractivity contribution in [3.05, 3.63) is 96.7 Å². The highest BCUT2D eigenvalue weighted by molar-refractivity contribution is 7.85. The summed E-state index contributed by atoms with van der Waals surface area (Å²) in [7, 11) is -1.28. The molecule has 0 aliphatic carbocycles. The number of fused-ring (bicyclic) bond motifs is 1. The number of para-hydroxylation sites is 1. The maximum atomic E-state index is 13.1. The molecule has 2 aromatic heterocycles. The fraction of sp³-hybridized carbons (Fsp3) is 0.172. The van der Waals surface area contributed by atoms with Crippen LogP contribution in [0.1, 0.15) is 26.3 Å². The largest absolute Gasteiger partial charge is 0.443 e. The van der Waals surface area contributed by atoms with E-state index in [4.69, 9.17) is 9.15 Å². The van der Waals surface area contributed by atoms with Crippen LogP contribution >= 0.6 is 0 Å². The number of oxazole rings is 1. The number of nitrogens with zero attached hydrogens (tertiary/aromatic N) is 2. The monoisotopic (exact) mass is 528 g/mol. The summed E-state index contributed by atoms with van der Waals surface area (Å²) in [6, 6.07) is 26.7. The molecular formula is C29H28N4O4S. The van der Waals surface area contributed by atoms with Crippen LogP contribution in [0.4, 0.5) is 22.2 Å². The van der Waals surface area contributed by atoms with E-state index in [0.29, 0.717) is 34.1 Å². The van der Waals surface area contributed by atoms with E-state index < -0.39 is 22.7 Å². The molecule has 38 heavy (non-hydrogen) atoms. The van der Waals surface area contributed by atoms with Crippen molar-refractivity contribution in [1.82, 2.24) is 9.55 Å². The SMILES string of the molecule is CC(C)(C)OC(=O)n1c(-c2cnc(Nc3cccc(NS(=O)Cc4ccccc4)c3)o2)cc2ccccc21. The predicted molar refractivity (Wildman–Crippen MR) is 151 cm³/mol. The van der Waals surface area contributed by atoms with Gasteiger partial charge in [0.15, 0.2) is 5.76 Å². The molecule has 0 aliphatic rings. The standard InChI is InChI=1S/C29H28N4O4S/c1-29(2,3)37-28(34)33-24-15-8-7-12-21(24)16-25(33)26-18-30-27(36-26)31-22-13-9-14-23(17-22)32-38(35)19-20-10-5-4-6-11-20/h4-18,32H,19H2,1-3H3,(H,30,31). The lowest BCUT2D eigenvalue weighted by Crippen LogP contribution is -2.27. The Hall–Kier alpha value is -4.37. The van der Waals surface area contributed by atoms with Crippen LogP contribution in [0.5, 0.6) is 0 Å². The van der Waals surface area contributed by atoms with Gasteiger partial charge < -0.3 is 19.2 Å². The predicted octanol–water partition coefficient (Wildman–Crippen LogP) is 7.10. The van der Waals surface area contributed by atoms with Crippen molar-refractivity contribution in [3.63, 3.8) is 0 Å². The first-order chi connectivity index (χ1) is 18.2. The second-order valence-corrected chi connectivity index (χ2v) is 10.9. The molecule has 5 aromatic rings. The van der Waals surface area contributed by atoms with Crippen molar-refractivity contribution in [2.45, 2.75) is 32.1 Å². The molecule has 8 nitrogen and oxygen atoms in total. The second-order valence-electron chi connectivity index (χ2n) is 9.72. The molecule has 0 amide bonds.